The van der Waals surface area contributed by atoms with E-state index in [4.69, 9.17) is 4.74 Å². The molecule has 1 aliphatic carbocycles. The molecule has 1 atom stereocenters. The molecule has 0 heterocycles. The predicted molar refractivity (Wildman–Crippen MR) is 135 cm³/mol. The lowest BCUT2D eigenvalue weighted by molar-refractivity contribution is -0.142. The lowest BCUT2D eigenvalue weighted by atomic mass is 9.95. The van der Waals surface area contributed by atoms with Crippen molar-refractivity contribution in [2.24, 2.45) is 0 Å². The summed E-state index contributed by atoms with van der Waals surface area (Å²) in [7, 11) is 0. The molecule has 0 radical (unpaired) electrons. The second-order valence-corrected chi connectivity index (χ2v) is 10.1. The Kier molecular flexibility index (Phi) is 8.95. The predicted octanol–water partition coefficient (Wildman–Crippen LogP) is 5.62. The average Bonchev–Trinajstić information content (AvgIpc) is 2.80. The van der Waals surface area contributed by atoms with Crippen LogP contribution in [-0.2, 0) is 16.1 Å². The second-order valence-electron chi connectivity index (χ2n) is 9.16. The molecule has 0 unspecified atom stereocenters. The maximum Gasteiger partial charge on any atom is 0.261 e. The quantitative estimate of drug-likeness (QED) is 0.497. The van der Waals surface area contributed by atoms with Gasteiger partial charge in [0.05, 0.1) is 0 Å². The van der Waals surface area contributed by atoms with E-state index in [2.05, 4.69) is 27.3 Å². The van der Waals surface area contributed by atoms with Gasteiger partial charge in [-0.1, -0.05) is 53.4 Å². The third kappa shape index (κ3) is 7.07. The molecule has 178 valence electrons. The highest BCUT2D eigenvalue weighted by Gasteiger charge is 2.28. The highest BCUT2D eigenvalue weighted by molar-refractivity contribution is 9.10. The molecular formula is C27H35BrN2O3. The largest absolute Gasteiger partial charge is 0.483 e. The van der Waals surface area contributed by atoms with Crippen LogP contribution in [0.5, 0.6) is 5.75 Å². The Morgan fingerprint density at radius 3 is 2.42 bits per heavy atom. The van der Waals surface area contributed by atoms with Gasteiger partial charge in [0.15, 0.2) is 6.61 Å². The van der Waals surface area contributed by atoms with Gasteiger partial charge in [-0.15, -0.1) is 0 Å². The van der Waals surface area contributed by atoms with Gasteiger partial charge in [0.2, 0.25) is 5.91 Å². The molecule has 0 aliphatic heterocycles. The zero-order valence-electron chi connectivity index (χ0n) is 20.1. The summed E-state index contributed by atoms with van der Waals surface area (Å²) in [5.41, 5.74) is 4.21. The molecule has 2 amide bonds. The van der Waals surface area contributed by atoms with Gasteiger partial charge in [-0.2, -0.15) is 0 Å². The Bertz CT molecular complexity index is 968. The zero-order chi connectivity index (χ0) is 24.0. The Labute approximate surface area is 206 Å². The van der Waals surface area contributed by atoms with Gasteiger partial charge in [0, 0.05) is 17.1 Å². The summed E-state index contributed by atoms with van der Waals surface area (Å²) in [4.78, 5) is 28.0. The van der Waals surface area contributed by atoms with Crippen molar-refractivity contribution in [3.05, 3.63) is 63.1 Å². The first kappa shape index (κ1) is 25.3. The van der Waals surface area contributed by atoms with Crippen LogP contribution < -0.4 is 10.1 Å². The maximum absolute atomic E-state index is 13.3. The van der Waals surface area contributed by atoms with E-state index >= 15 is 0 Å². The van der Waals surface area contributed by atoms with E-state index in [1.165, 1.54) is 6.42 Å². The molecule has 1 N–H and O–H groups in total. The van der Waals surface area contributed by atoms with Crippen molar-refractivity contribution >= 4 is 27.7 Å². The lowest BCUT2D eigenvalue weighted by Crippen LogP contribution is -2.51. The number of ether oxygens (including phenoxy) is 1. The number of benzene rings is 2. The maximum atomic E-state index is 13.3. The van der Waals surface area contributed by atoms with E-state index in [0.29, 0.717) is 12.3 Å². The molecule has 1 fully saturated rings. The third-order valence-corrected chi connectivity index (χ3v) is 7.03. The lowest BCUT2D eigenvalue weighted by Gasteiger charge is -2.31. The van der Waals surface area contributed by atoms with Crippen LogP contribution in [0.1, 0.15) is 61.3 Å². The number of amides is 2. The van der Waals surface area contributed by atoms with Crippen LogP contribution in [0.4, 0.5) is 0 Å². The van der Waals surface area contributed by atoms with Crippen LogP contribution in [0.25, 0.3) is 0 Å². The minimum absolute atomic E-state index is 0.102. The first-order valence-corrected chi connectivity index (χ1v) is 12.6. The first-order valence-electron chi connectivity index (χ1n) is 11.8. The minimum Gasteiger partial charge on any atom is -0.483 e. The fraction of sp³-hybridized carbons (Fsp3) is 0.481. The van der Waals surface area contributed by atoms with Crippen molar-refractivity contribution in [1.29, 1.82) is 0 Å². The molecule has 0 bridgehead atoms. The third-order valence-electron chi connectivity index (χ3n) is 6.50. The van der Waals surface area contributed by atoms with E-state index in [-0.39, 0.29) is 24.5 Å². The molecule has 6 heteroatoms. The summed E-state index contributed by atoms with van der Waals surface area (Å²) in [5, 5.41) is 3.17. The normalized spacial score (nSPS) is 15.1. The highest BCUT2D eigenvalue weighted by atomic mass is 79.9. The number of nitrogens with zero attached hydrogens (tertiary/aromatic N) is 1. The number of rotatable bonds is 8. The van der Waals surface area contributed by atoms with Gasteiger partial charge in [-0.25, -0.2) is 0 Å². The summed E-state index contributed by atoms with van der Waals surface area (Å²) >= 11 is 3.45. The number of carbonyl (C=O) groups is 2. The van der Waals surface area contributed by atoms with Gasteiger partial charge < -0.3 is 15.0 Å². The molecule has 0 aromatic heterocycles. The number of nitrogens with one attached hydrogen (secondary N) is 1. The number of aryl methyl sites for hydroxylation is 2. The number of hydrogen-bond donors (Lipinski definition) is 1. The molecule has 0 saturated heterocycles. The summed E-state index contributed by atoms with van der Waals surface area (Å²) in [6.07, 6.45) is 5.53. The molecule has 2 aromatic carbocycles. The Morgan fingerprint density at radius 1 is 1.09 bits per heavy atom. The van der Waals surface area contributed by atoms with Crippen molar-refractivity contribution in [1.82, 2.24) is 10.2 Å². The zero-order valence-corrected chi connectivity index (χ0v) is 21.7. The molecule has 1 aliphatic rings. The van der Waals surface area contributed by atoms with Crippen LogP contribution in [0.3, 0.4) is 0 Å². The van der Waals surface area contributed by atoms with Gasteiger partial charge in [-0.3, -0.25) is 9.59 Å². The molecule has 2 aromatic rings. The van der Waals surface area contributed by atoms with E-state index in [9.17, 15) is 9.59 Å². The van der Waals surface area contributed by atoms with Crippen LogP contribution >= 0.6 is 15.9 Å². The van der Waals surface area contributed by atoms with Crippen LogP contribution in [0, 0.1) is 20.8 Å². The van der Waals surface area contributed by atoms with Gasteiger partial charge in [-0.05, 0) is 81.0 Å². The smallest absolute Gasteiger partial charge is 0.261 e. The number of hydrogen-bond acceptors (Lipinski definition) is 3. The van der Waals surface area contributed by atoms with Crippen molar-refractivity contribution < 1.29 is 14.3 Å². The summed E-state index contributed by atoms with van der Waals surface area (Å²) in [6, 6.07) is 11.5. The van der Waals surface area contributed by atoms with Crippen LogP contribution in [0.15, 0.2) is 40.9 Å². The van der Waals surface area contributed by atoms with Gasteiger partial charge in [0.1, 0.15) is 11.8 Å². The van der Waals surface area contributed by atoms with E-state index in [1.807, 2.05) is 51.1 Å². The molecule has 0 spiro atoms. The van der Waals surface area contributed by atoms with E-state index < -0.39 is 6.04 Å². The molecule has 1 saturated carbocycles. The molecule has 3 rings (SSSR count). The topological polar surface area (TPSA) is 58.6 Å². The van der Waals surface area contributed by atoms with Crippen LogP contribution in [0.2, 0.25) is 0 Å². The fourth-order valence-electron chi connectivity index (χ4n) is 4.31. The Morgan fingerprint density at radius 2 is 1.76 bits per heavy atom. The second kappa shape index (κ2) is 11.7. The van der Waals surface area contributed by atoms with Gasteiger partial charge >= 0.3 is 0 Å². The van der Waals surface area contributed by atoms with Gasteiger partial charge in [0.25, 0.3) is 5.91 Å². The summed E-state index contributed by atoms with van der Waals surface area (Å²) < 4.78 is 6.92. The minimum atomic E-state index is -0.591. The van der Waals surface area contributed by atoms with Crippen molar-refractivity contribution in [3.8, 4) is 5.75 Å². The fourth-order valence-corrected chi connectivity index (χ4v) is 4.58. The summed E-state index contributed by atoms with van der Waals surface area (Å²) in [5.74, 6) is 0.404. The van der Waals surface area contributed by atoms with Crippen LogP contribution in [-0.4, -0.2) is 35.4 Å². The number of halogens is 1. The number of carbonyl (C=O) groups excluding carboxylic acids is 2. The SMILES string of the molecule is Cc1cc(C)c(C)c(OCC(=O)N(Cc2ccc(Br)cc2)[C@@H](C)C(=O)NC2CCCCC2)c1. The average molecular weight is 515 g/mol. The van der Waals surface area contributed by atoms with Crippen molar-refractivity contribution in [2.45, 2.75) is 78.4 Å². The highest BCUT2D eigenvalue weighted by Crippen LogP contribution is 2.24. The van der Waals surface area contributed by atoms with E-state index in [0.717, 1.165) is 52.4 Å². The Hall–Kier alpha value is -2.34. The monoisotopic (exact) mass is 514 g/mol. The van der Waals surface area contributed by atoms with E-state index in [1.54, 1.807) is 11.8 Å². The van der Waals surface area contributed by atoms with Crippen molar-refractivity contribution in [2.75, 3.05) is 6.61 Å². The molecule has 33 heavy (non-hydrogen) atoms. The van der Waals surface area contributed by atoms with Crippen molar-refractivity contribution in [3.63, 3.8) is 0 Å². The molecular weight excluding hydrogens is 480 g/mol. The standard InChI is InChI=1S/C27H35BrN2O3/c1-18-14-19(2)20(3)25(15-18)33-17-26(31)30(16-22-10-12-23(28)13-11-22)21(4)27(32)29-24-8-6-5-7-9-24/h10-15,21,24H,5-9,16-17H2,1-4H3,(H,29,32)/t21-/m0/s1. The first-order chi connectivity index (χ1) is 15.7. The Balaban J connectivity index is 1.74. The summed E-state index contributed by atoms with van der Waals surface area (Å²) in [6.45, 7) is 8.08. The molecule has 5 nitrogen and oxygen atoms in total.